The van der Waals surface area contributed by atoms with Crippen molar-refractivity contribution in [1.82, 2.24) is 4.72 Å². The molecule has 0 aromatic heterocycles. The minimum atomic E-state index is -4.15. The fourth-order valence-electron chi connectivity index (χ4n) is 1.65. The van der Waals surface area contributed by atoms with Gasteiger partial charge in [-0.05, 0) is 12.0 Å². The summed E-state index contributed by atoms with van der Waals surface area (Å²) in [5.74, 6) is -1.71. The van der Waals surface area contributed by atoms with E-state index >= 15 is 0 Å². The van der Waals surface area contributed by atoms with Crippen LogP contribution >= 0.6 is 0 Å². The molecular formula is C12H16N2O6S. The van der Waals surface area contributed by atoms with Gasteiger partial charge in [-0.2, -0.15) is 4.72 Å². The second-order valence-electron chi connectivity index (χ2n) is 4.58. The van der Waals surface area contributed by atoms with Crippen LogP contribution in [0.5, 0.6) is 0 Å². The number of carboxylic acids is 1. The molecule has 0 aliphatic carbocycles. The first-order chi connectivity index (χ1) is 9.69. The highest BCUT2D eigenvalue weighted by molar-refractivity contribution is 7.89. The van der Waals surface area contributed by atoms with E-state index in [1.54, 1.807) is 13.8 Å². The van der Waals surface area contributed by atoms with Gasteiger partial charge in [0.25, 0.3) is 5.69 Å². The van der Waals surface area contributed by atoms with Gasteiger partial charge in [0.1, 0.15) is 6.04 Å². The molecule has 1 rings (SSSR count). The van der Waals surface area contributed by atoms with Crippen LogP contribution in [0.3, 0.4) is 0 Å². The molecule has 0 heterocycles. The third kappa shape index (κ3) is 4.23. The highest BCUT2D eigenvalue weighted by Gasteiger charge is 2.29. The zero-order chi connectivity index (χ0) is 16.2. The van der Waals surface area contributed by atoms with Gasteiger partial charge < -0.3 is 5.11 Å². The molecule has 0 saturated heterocycles. The summed E-state index contributed by atoms with van der Waals surface area (Å²) >= 11 is 0. The van der Waals surface area contributed by atoms with Crippen LogP contribution in [-0.2, 0) is 14.8 Å². The number of nitrogens with zero attached hydrogens (tertiary/aromatic N) is 1. The number of carbonyl (C=O) groups is 1. The van der Waals surface area contributed by atoms with Gasteiger partial charge in [0, 0.05) is 12.1 Å². The molecule has 0 aliphatic rings. The second-order valence-corrected chi connectivity index (χ2v) is 6.29. The molecule has 2 N–H and O–H groups in total. The summed E-state index contributed by atoms with van der Waals surface area (Å²) in [5.41, 5.74) is -0.381. The monoisotopic (exact) mass is 316 g/mol. The quantitative estimate of drug-likeness (QED) is 0.578. The number of non-ortho nitro benzene ring substituents is 1. The van der Waals surface area contributed by atoms with E-state index in [2.05, 4.69) is 4.72 Å². The summed E-state index contributed by atoms with van der Waals surface area (Å²) < 4.78 is 26.4. The number of aliphatic carboxylic acids is 1. The van der Waals surface area contributed by atoms with Crippen molar-refractivity contribution in [3.63, 3.8) is 0 Å². The predicted octanol–water partition coefficient (Wildman–Crippen LogP) is 1.37. The van der Waals surface area contributed by atoms with Gasteiger partial charge in [-0.1, -0.05) is 26.3 Å². The smallest absolute Gasteiger partial charge is 0.322 e. The van der Waals surface area contributed by atoms with E-state index in [1.165, 1.54) is 12.1 Å². The van der Waals surface area contributed by atoms with Crippen molar-refractivity contribution in [2.75, 3.05) is 0 Å². The van der Waals surface area contributed by atoms with Crippen LogP contribution in [-0.4, -0.2) is 30.5 Å². The molecule has 0 radical (unpaired) electrons. The highest BCUT2D eigenvalue weighted by atomic mass is 32.2. The molecule has 1 unspecified atom stereocenters. The molecule has 2 atom stereocenters. The zero-order valence-electron chi connectivity index (χ0n) is 11.5. The topological polar surface area (TPSA) is 127 Å². The van der Waals surface area contributed by atoms with Crippen LogP contribution in [0.25, 0.3) is 0 Å². The van der Waals surface area contributed by atoms with E-state index in [4.69, 9.17) is 5.11 Å². The molecule has 0 amide bonds. The molecule has 0 fully saturated rings. The number of hydrogen-bond donors (Lipinski definition) is 2. The predicted molar refractivity (Wildman–Crippen MR) is 74.3 cm³/mol. The van der Waals surface area contributed by atoms with Crippen molar-refractivity contribution in [2.45, 2.75) is 31.2 Å². The van der Waals surface area contributed by atoms with Crippen LogP contribution in [0.2, 0.25) is 0 Å². The molecule has 1 aromatic rings. The lowest BCUT2D eigenvalue weighted by Crippen LogP contribution is -2.44. The first-order valence-corrected chi connectivity index (χ1v) is 7.67. The number of hydrogen-bond acceptors (Lipinski definition) is 5. The van der Waals surface area contributed by atoms with Crippen LogP contribution in [0, 0.1) is 16.0 Å². The van der Waals surface area contributed by atoms with Gasteiger partial charge in [-0.3, -0.25) is 14.9 Å². The van der Waals surface area contributed by atoms with E-state index < -0.39 is 32.9 Å². The minimum absolute atomic E-state index is 0.341. The Balaban J connectivity index is 3.13. The Morgan fingerprint density at radius 3 is 2.57 bits per heavy atom. The molecule has 0 spiro atoms. The van der Waals surface area contributed by atoms with Crippen molar-refractivity contribution in [1.29, 1.82) is 0 Å². The second kappa shape index (κ2) is 6.64. The van der Waals surface area contributed by atoms with Gasteiger partial charge in [0.05, 0.1) is 9.82 Å². The summed E-state index contributed by atoms with van der Waals surface area (Å²) in [7, 11) is -4.15. The summed E-state index contributed by atoms with van der Waals surface area (Å²) in [6.45, 7) is 3.34. The summed E-state index contributed by atoms with van der Waals surface area (Å²) in [6.07, 6.45) is 0.467. The first-order valence-electron chi connectivity index (χ1n) is 6.18. The molecule has 8 nitrogen and oxygen atoms in total. The maximum atomic E-state index is 12.1. The van der Waals surface area contributed by atoms with Crippen LogP contribution < -0.4 is 4.72 Å². The molecule has 0 aliphatic heterocycles. The molecule has 9 heteroatoms. The van der Waals surface area contributed by atoms with Crippen LogP contribution in [0.1, 0.15) is 20.3 Å². The fourth-order valence-corrected chi connectivity index (χ4v) is 2.98. The fraction of sp³-hybridized carbons (Fsp3) is 0.417. The van der Waals surface area contributed by atoms with Gasteiger partial charge in [-0.25, -0.2) is 8.42 Å². The number of nitro benzene ring substituents is 1. The van der Waals surface area contributed by atoms with E-state index in [1.807, 2.05) is 0 Å². The standard InChI is InChI=1S/C12H16N2O6S/c1-3-8(2)11(12(15)16)13-21(19,20)10-6-4-5-9(7-10)14(17)18/h4-8,11,13H,3H2,1-2H3,(H,15,16)/t8?,11-/m0/s1. The van der Waals surface area contributed by atoms with Crippen LogP contribution in [0.4, 0.5) is 5.69 Å². The van der Waals surface area contributed by atoms with Gasteiger partial charge in [0.2, 0.25) is 10.0 Å². The first kappa shape index (κ1) is 17.1. The van der Waals surface area contributed by atoms with Crippen molar-refractivity contribution in [3.05, 3.63) is 34.4 Å². The Labute approximate surface area is 122 Å². The maximum Gasteiger partial charge on any atom is 0.322 e. The summed E-state index contributed by atoms with van der Waals surface area (Å²) in [5, 5.41) is 19.8. The Kier molecular flexibility index (Phi) is 5.39. The Morgan fingerprint density at radius 2 is 2.10 bits per heavy atom. The van der Waals surface area contributed by atoms with Crippen LogP contribution in [0.15, 0.2) is 29.2 Å². The lowest BCUT2D eigenvalue weighted by atomic mass is 10.0. The van der Waals surface area contributed by atoms with E-state index in [9.17, 15) is 23.3 Å². The van der Waals surface area contributed by atoms with Crippen molar-refractivity contribution < 1.29 is 23.2 Å². The number of nitrogens with one attached hydrogen (secondary N) is 1. The molecule has 116 valence electrons. The third-order valence-electron chi connectivity index (χ3n) is 3.10. The summed E-state index contributed by atoms with van der Waals surface area (Å²) in [4.78, 5) is 20.7. The largest absolute Gasteiger partial charge is 0.480 e. The maximum absolute atomic E-state index is 12.1. The number of carboxylic acid groups (broad SMARTS) is 1. The van der Waals surface area contributed by atoms with Gasteiger partial charge in [0.15, 0.2) is 0 Å². The average molecular weight is 316 g/mol. The average Bonchev–Trinajstić information content (AvgIpc) is 2.43. The number of rotatable bonds is 7. The number of nitro groups is 1. The van der Waals surface area contributed by atoms with E-state index in [-0.39, 0.29) is 10.6 Å². The zero-order valence-corrected chi connectivity index (χ0v) is 12.3. The van der Waals surface area contributed by atoms with Gasteiger partial charge in [-0.15, -0.1) is 0 Å². The molecule has 21 heavy (non-hydrogen) atoms. The van der Waals surface area contributed by atoms with Crippen molar-refractivity contribution in [3.8, 4) is 0 Å². The number of sulfonamides is 1. The Hall–Kier alpha value is -2.00. The SMILES string of the molecule is CCC(C)[C@H](NS(=O)(=O)c1cccc([N+](=O)[O-])c1)C(=O)O. The lowest BCUT2D eigenvalue weighted by Gasteiger charge is -2.20. The molecule has 1 aromatic carbocycles. The molecular weight excluding hydrogens is 300 g/mol. The molecule has 0 bridgehead atoms. The van der Waals surface area contributed by atoms with Gasteiger partial charge >= 0.3 is 5.97 Å². The van der Waals surface area contributed by atoms with Crippen molar-refractivity contribution >= 4 is 21.7 Å². The third-order valence-corrected chi connectivity index (χ3v) is 4.54. The normalized spacial score (nSPS) is 14.4. The Bertz CT molecular complexity index is 643. The minimum Gasteiger partial charge on any atom is -0.480 e. The highest BCUT2D eigenvalue weighted by Crippen LogP contribution is 2.19. The van der Waals surface area contributed by atoms with Crippen molar-refractivity contribution in [2.24, 2.45) is 5.92 Å². The van der Waals surface area contributed by atoms with E-state index in [0.717, 1.165) is 12.1 Å². The van der Waals surface area contributed by atoms with E-state index in [0.29, 0.717) is 6.42 Å². The number of benzene rings is 1. The molecule has 0 saturated carbocycles. The Morgan fingerprint density at radius 1 is 1.48 bits per heavy atom. The summed E-state index contributed by atoms with van der Waals surface area (Å²) in [6, 6.07) is 3.15. The lowest BCUT2D eigenvalue weighted by molar-refractivity contribution is -0.385.